The molecule has 0 saturated heterocycles. The van der Waals surface area contributed by atoms with Gasteiger partial charge in [0.25, 0.3) is 0 Å². The Balaban J connectivity index is 1.70. The number of hydrogen-bond donors (Lipinski definition) is 1. The fourth-order valence-electron chi connectivity index (χ4n) is 2.51. The van der Waals surface area contributed by atoms with Gasteiger partial charge < -0.3 is 10.1 Å². The van der Waals surface area contributed by atoms with Gasteiger partial charge in [-0.3, -0.25) is 0 Å². The maximum atomic E-state index is 6.03. The van der Waals surface area contributed by atoms with Crippen LogP contribution in [0.25, 0.3) is 0 Å². The molecule has 0 saturated carbocycles. The summed E-state index contributed by atoms with van der Waals surface area (Å²) < 4.78 is 5.57. The molecule has 0 aliphatic carbocycles. The molecule has 4 heteroatoms. The summed E-state index contributed by atoms with van der Waals surface area (Å²) in [6, 6.07) is 14.8. The first-order valence-corrected chi connectivity index (χ1v) is 8.44. The van der Waals surface area contributed by atoms with Crippen molar-refractivity contribution in [2.75, 3.05) is 19.4 Å². The van der Waals surface area contributed by atoms with E-state index in [1.807, 2.05) is 37.0 Å². The van der Waals surface area contributed by atoms with Crippen LogP contribution in [0, 0.1) is 0 Å². The second-order valence-corrected chi connectivity index (χ2v) is 6.61. The lowest BCUT2D eigenvalue weighted by Crippen LogP contribution is -2.18. The van der Waals surface area contributed by atoms with Crippen molar-refractivity contribution < 1.29 is 4.74 Å². The van der Waals surface area contributed by atoms with Crippen LogP contribution < -0.4 is 10.1 Å². The van der Waals surface area contributed by atoms with E-state index in [2.05, 4.69) is 29.6 Å². The molecule has 3 rings (SSSR count). The van der Waals surface area contributed by atoms with E-state index >= 15 is 0 Å². The van der Waals surface area contributed by atoms with Crippen molar-refractivity contribution in [1.82, 2.24) is 5.32 Å². The van der Waals surface area contributed by atoms with E-state index < -0.39 is 0 Å². The fraction of sp³-hybridized carbons (Fsp3) is 0.294. The van der Waals surface area contributed by atoms with Gasteiger partial charge in [-0.1, -0.05) is 29.8 Å². The summed E-state index contributed by atoms with van der Waals surface area (Å²) in [5.41, 5.74) is 2.64. The number of rotatable bonds is 5. The summed E-state index contributed by atoms with van der Waals surface area (Å²) in [5, 5.41) is 4.19. The highest BCUT2D eigenvalue weighted by Gasteiger charge is 2.16. The van der Waals surface area contributed by atoms with Gasteiger partial charge in [0.1, 0.15) is 5.75 Å². The predicted molar refractivity (Wildman–Crippen MR) is 89.6 cm³/mol. The normalized spacial score (nSPS) is 14.6. The Morgan fingerprint density at radius 3 is 3.00 bits per heavy atom. The molecule has 0 bridgehead atoms. The summed E-state index contributed by atoms with van der Waals surface area (Å²) in [4.78, 5) is 1.20. The van der Waals surface area contributed by atoms with Gasteiger partial charge in [-0.15, -0.1) is 11.8 Å². The van der Waals surface area contributed by atoms with E-state index in [0.717, 1.165) is 29.6 Å². The Morgan fingerprint density at radius 1 is 1.29 bits per heavy atom. The zero-order chi connectivity index (χ0) is 14.7. The van der Waals surface area contributed by atoms with E-state index in [1.54, 1.807) is 0 Å². The van der Waals surface area contributed by atoms with Gasteiger partial charge in [0.2, 0.25) is 0 Å². The minimum absolute atomic E-state index is 0.319. The van der Waals surface area contributed by atoms with Crippen molar-refractivity contribution in [3.8, 4) is 5.75 Å². The number of benzene rings is 2. The first-order chi connectivity index (χ1) is 10.3. The highest BCUT2D eigenvalue weighted by molar-refractivity contribution is 7.99. The van der Waals surface area contributed by atoms with E-state index in [4.69, 9.17) is 16.3 Å². The minimum Gasteiger partial charge on any atom is -0.493 e. The lowest BCUT2D eigenvalue weighted by molar-refractivity contribution is 0.357. The third-order valence-corrected chi connectivity index (χ3v) is 5.00. The molecular formula is C17H18ClNOS. The molecule has 0 fully saturated rings. The zero-order valence-electron chi connectivity index (χ0n) is 11.9. The Labute approximate surface area is 134 Å². The van der Waals surface area contributed by atoms with Crippen LogP contribution in [-0.2, 0) is 6.42 Å². The topological polar surface area (TPSA) is 21.3 Å². The van der Waals surface area contributed by atoms with E-state index in [0.29, 0.717) is 6.04 Å². The first-order valence-electron chi connectivity index (χ1n) is 7.07. The average molecular weight is 320 g/mol. The lowest BCUT2D eigenvalue weighted by Gasteiger charge is -2.17. The second-order valence-electron chi connectivity index (χ2n) is 5.08. The van der Waals surface area contributed by atoms with Crippen LogP contribution in [0.2, 0.25) is 5.02 Å². The monoisotopic (exact) mass is 319 g/mol. The predicted octanol–water partition coefficient (Wildman–Crippen LogP) is 4.33. The van der Waals surface area contributed by atoms with Crippen LogP contribution in [0.1, 0.15) is 17.2 Å². The molecule has 2 aromatic rings. The van der Waals surface area contributed by atoms with Crippen molar-refractivity contribution >= 4 is 23.4 Å². The SMILES string of the molecule is CNC(CSc1cccc(Cl)c1)c1ccc2c(c1)CCO2. The van der Waals surface area contributed by atoms with Crippen molar-refractivity contribution in [3.63, 3.8) is 0 Å². The minimum atomic E-state index is 0.319. The first kappa shape index (κ1) is 14.8. The summed E-state index contributed by atoms with van der Waals surface area (Å²) in [6.07, 6.45) is 1.01. The maximum absolute atomic E-state index is 6.03. The third kappa shape index (κ3) is 3.54. The molecule has 0 radical (unpaired) electrons. The largest absolute Gasteiger partial charge is 0.493 e. The van der Waals surface area contributed by atoms with Gasteiger partial charge in [0.15, 0.2) is 0 Å². The van der Waals surface area contributed by atoms with E-state index in [9.17, 15) is 0 Å². The second kappa shape index (κ2) is 6.73. The number of halogens is 1. The molecule has 1 unspecified atom stereocenters. The molecular weight excluding hydrogens is 302 g/mol. The smallest absolute Gasteiger partial charge is 0.122 e. The standard InChI is InChI=1S/C17H18ClNOS/c1-19-16(11-21-15-4-2-3-14(18)10-15)12-5-6-17-13(9-12)7-8-20-17/h2-6,9-10,16,19H,7-8,11H2,1H3. The summed E-state index contributed by atoms with van der Waals surface area (Å²) in [5.74, 6) is 2.01. The Hall–Kier alpha value is -1.16. The molecule has 21 heavy (non-hydrogen) atoms. The van der Waals surface area contributed by atoms with Crippen LogP contribution >= 0.6 is 23.4 Å². The number of nitrogens with one attached hydrogen (secondary N) is 1. The lowest BCUT2D eigenvalue weighted by atomic mass is 10.0. The molecule has 0 amide bonds. The molecule has 2 aromatic carbocycles. The number of fused-ring (bicyclic) bond motifs is 1. The number of hydrogen-bond acceptors (Lipinski definition) is 3. The number of thioether (sulfide) groups is 1. The average Bonchev–Trinajstić information content (AvgIpc) is 2.95. The summed E-state index contributed by atoms with van der Waals surface area (Å²) in [7, 11) is 2.01. The van der Waals surface area contributed by atoms with Gasteiger partial charge in [-0.05, 0) is 42.4 Å². The van der Waals surface area contributed by atoms with E-state index in [1.165, 1.54) is 16.0 Å². The molecule has 1 heterocycles. The van der Waals surface area contributed by atoms with Crippen LogP contribution in [0.3, 0.4) is 0 Å². The molecule has 0 spiro atoms. The highest BCUT2D eigenvalue weighted by atomic mass is 35.5. The Morgan fingerprint density at radius 2 is 2.19 bits per heavy atom. The van der Waals surface area contributed by atoms with Gasteiger partial charge in [-0.25, -0.2) is 0 Å². The molecule has 1 aliphatic heterocycles. The van der Waals surface area contributed by atoms with Crippen molar-refractivity contribution in [2.24, 2.45) is 0 Å². The molecule has 1 aliphatic rings. The summed E-state index contributed by atoms with van der Waals surface area (Å²) >= 11 is 7.85. The van der Waals surface area contributed by atoms with E-state index in [-0.39, 0.29) is 0 Å². The van der Waals surface area contributed by atoms with Gasteiger partial charge in [0, 0.05) is 28.1 Å². The van der Waals surface area contributed by atoms with Crippen LogP contribution in [-0.4, -0.2) is 19.4 Å². The molecule has 110 valence electrons. The Bertz CT molecular complexity index is 632. The van der Waals surface area contributed by atoms with Crippen molar-refractivity contribution in [1.29, 1.82) is 0 Å². The quantitative estimate of drug-likeness (QED) is 0.829. The molecule has 0 aromatic heterocycles. The molecule has 1 atom stereocenters. The third-order valence-electron chi connectivity index (χ3n) is 3.68. The van der Waals surface area contributed by atoms with Crippen LogP contribution in [0.4, 0.5) is 0 Å². The van der Waals surface area contributed by atoms with Gasteiger partial charge in [0.05, 0.1) is 6.61 Å². The zero-order valence-corrected chi connectivity index (χ0v) is 13.5. The molecule has 2 nitrogen and oxygen atoms in total. The number of ether oxygens (including phenoxy) is 1. The van der Waals surface area contributed by atoms with Crippen molar-refractivity contribution in [3.05, 3.63) is 58.6 Å². The molecule has 1 N–H and O–H groups in total. The van der Waals surface area contributed by atoms with Crippen molar-refractivity contribution in [2.45, 2.75) is 17.4 Å². The fourth-order valence-corrected chi connectivity index (χ4v) is 3.86. The maximum Gasteiger partial charge on any atom is 0.122 e. The summed E-state index contributed by atoms with van der Waals surface area (Å²) in [6.45, 7) is 0.806. The Kier molecular flexibility index (Phi) is 4.73. The van der Waals surface area contributed by atoms with Gasteiger partial charge in [-0.2, -0.15) is 0 Å². The van der Waals surface area contributed by atoms with Crippen LogP contribution in [0.5, 0.6) is 5.75 Å². The highest BCUT2D eigenvalue weighted by Crippen LogP contribution is 2.31. The van der Waals surface area contributed by atoms with Gasteiger partial charge >= 0.3 is 0 Å². The van der Waals surface area contributed by atoms with Crippen LogP contribution in [0.15, 0.2) is 47.4 Å².